The highest BCUT2D eigenvalue weighted by molar-refractivity contribution is 5.84. The summed E-state index contributed by atoms with van der Waals surface area (Å²) in [6, 6.07) is 1.64. The summed E-state index contributed by atoms with van der Waals surface area (Å²) in [5.41, 5.74) is 6.27. The average Bonchev–Trinajstić information content (AvgIpc) is 3.11. The highest BCUT2D eigenvalue weighted by Crippen LogP contribution is 2.38. The highest BCUT2D eigenvalue weighted by Gasteiger charge is 2.49. The Balaban J connectivity index is 1.83. The van der Waals surface area contributed by atoms with Crippen molar-refractivity contribution in [3.63, 3.8) is 0 Å². The number of nitrogens with zero attached hydrogens (tertiary/aromatic N) is 2. The Morgan fingerprint density at radius 3 is 3.00 bits per heavy atom. The van der Waals surface area contributed by atoms with E-state index in [1.54, 1.807) is 0 Å². The van der Waals surface area contributed by atoms with Crippen molar-refractivity contribution in [1.29, 1.82) is 0 Å². The number of aromatic nitrogens is 1. The van der Waals surface area contributed by atoms with Crippen LogP contribution in [0.5, 0.6) is 0 Å². The van der Waals surface area contributed by atoms with Crippen LogP contribution in [-0.2, 0) is 9.53 Å². The van der Waals surface area contributed by atoms with Crippen LogP contribution in [-0.4, -0.2) is 41.8 Å². The van der Waals surface area contributed by atoms with E-state index in [0.29, 0.717) is 13.2 Å². The van der Waals surface area contributed by atoms with Gasteiger partial charge in [-0.25, -0.2) is 0 Å². The summed E-state index contributed by atoms with van der Waals surface area (Å²) in [4.78, 5) is 14.8. The molecule has 0 aliphatic carbocycles. The zero-order valence-corrected chi connectivity index (χ0v) is 12.0. The van der Waals surface area contributed by atoms with Gasteiger partial charge in [0, 0.05) is 18.7 Å². The maximum absolute atomic E-state index is 12.9. The van der Waals surface area contributed by atoms with Crippen LogP contribution in [0.1, 0.15) is 37.3 Å². The van der Waals surface area contributed by atoms with Gasteiger partial charge in [-0.3, -0.25) is 4.79 Å². The zero-order valence-electron chi connectivity index (χ0n) is 12.0. The smallest absolute Gasteiger partial charge is 0.233 e. The first-order valence-corrected chi connectivity index (χ1v) is 7.10. The normalized spacial score (nSPS) is 33.9. The van der Waals surface area contributed by atoms with E-state index in [0.717, 1.165) is 30.8 Å². The van der Waals surface area contributed by atoms with E-state index in [2.05, 4.69) is 5.16 Å². The van der Waals surface area contributed by atoms with Crippen molar-refractivity contribution in [2.45, 2.75) is 38.8 Å². The van der Waals surface area contributed by atoms with Crippen molar-refractivity contribution in [1.82, 2.24) is 10.1 Å². The Bertz CT molecular complexity index is 516. The summed E-state index contributed by atoms with van der Waals surface area (Å²) in [6.07, 6.45) is 1.88. The molecular weight excluding hydrogens is 258 g/mol. The molecule has 2 N–H and O–H groups in total. The second-order valence-corrected chi connectivity index (χ2v) is 6.07. The van der Waals surface area contributed by atoms with E-state index >= 15 is 0 Å². The van der Waals surface area contributed by atoms with Crippen LogP contribution >= 0.6 is 0 Å². The average molecular weight is 279 g/mol. The lowest BCUT2D eigenvalue weighted by molar-refractivity contribution is -0.143. The van der Waals surface area contributed by atoms with Gasteiger partial charge >= 0.3 is 0 Å². The Labute approximate surface area is 118 Å². The molecule has 0 aromatic carbocycles. The van der Waals surface area contributed by atoms with Crippen LogP contribution in [0, 0.1) is 12.3 Å². The fourth-order valence-electron chi connectivity index (χ4n) is 3.08. The van der Waals surface area contributed by atoms with Crippen LogP contribution in [0.3, 0.4) is 0 Å². The number of aryl methyl sites for hydroxylation is 1. The van der Waals surface area contributed by atoms with Gasteiger partial charge in [0.15, 0.2) is 5.76 Å². The molecule has 2 aliphatic heterocycles. The third-order valence-electron chi connectivity index (χ3n) is 4.49. The van der Waals surface area contributed by atoms with E-state index in [1.807, 2.05) is 24.8 Å². The van der Waals surface area contributed by atoms with Gasteiger partial charge in [-0.15, -0.1) is 0 Å². The quantitative estimate of drug-likeness (QED) is 0.873. The molecule has 6 heteroatoms. The lowest BCUT2D eigenvalue weighted by Crippen LogP contribution is -2.51. The molecule has 3 atom stereocenters. The predicted molar refractivity (Wildman–Crippen MR) is 71.8 cm³/mol. The van der Waals surface area contributed by atoms with Gasteiger partial charge in [0.25, 0.3) is 0 Å². The number of nitrogens with two attached hydrogens (primary N) is 1. The van der Waals surface area contributed by atoms with Crippen molar-refractivity contribution in [3.8, 4) is 0 Å². The molecule has 0 bridgehead atoms. The number of likely N-dealkylation sites (tertiary alicyclic amines) is 1. The van der Waals surface area contributed by atoms with Gasteiger partial charge in [-0.2, -0.15) is 0 Å². The van der Waals surface area contributed by atoms with Gasteiger partial charge < -0.3 is 19.9 Å². The van der Waals surface area contributed by atoms with E-state index in [9.17, 15) is 4.79 Å². The Morgan fingerprint density at radius 2 is 2.40 bits per heavy atom. The topological polar surface area (TPSA) is 81.6 Å². The lowest BCUT2D eigenvalue weighted by Gasteiger charge is -2.33. The van der Waals surface area contributed by atoms with E-state index < -0.39 is 5.41 Å². The third-order valence-corrected chi connectivity index (χ3v) is 4.49. The Morgan fingerprint density at radius 1 is 1.60 bits per heavy atom. The zero-order chi connectivity index (χ0) is 14.3. The molecule has 1 aromatic rings. The summed E-state index contributed by atoms with van der Waals surface area (Å²) in [6.45, 7) is 5.36. The molecule has 3 rings (SSSR count). The van der Waals surface area contributed by atoms with Crippen molar-refractivity contribution >= 4 is 5.91 Å². The van der Waals surface area contributed by atoms with Gasteiger partial charge in [0.2, 0.25) is 5.91 Å². The van der Waals surface area contributed by atoms with E-state index in [1.165, 1.54) is 0 Å². The summed E-state index contributed by atoms with van der Waals surface area (Å²) in [5, 5.41) is 3.92. The second kappa shape index (κ2) is 4.86. The monoisotopic (exact) mass is 279 g/mol. The second-order valence-electron chi connectivity index (χ2n) is 6.07. The molecule has 2 fully saturated rings. The van der Waals surface area contributed by atoms with Crippen molar-refractivity contribution in [2.75, 3.05) is 19.8 Å². The van der Waals surface area contributed by atoms with Crippen molar-refractivity contribution in [2.24, 2.45) is 11.1 Å². The van der Waals surface area contributed by atoms with Crippen molar-refractivity contribution < 1.29 is 14.1 Å². The molecular formula is C14H21N3O3. The van der Waals surface area contributed by atoms with Crippen LogP contribution in [0.15, 0.2) is 10.6 Å². The Kier molecular flexibility index (Phi) is 3.30. The molecule has 1 aromatic heterocycles. The molecule has 0 saturated carbocycles. The molecule has 2 saturated heterocycles. The molecule has 0 spiro atoms. The van der Waals surface area contributed by atoms with E-state index in [4.69, 9.17) is 15.0 Å². The summed E-state index contributed by atoms with van der Waals surface area (Å²) >= 11 is 0. The number of amides is 1. The number of hydrogen-bond acceptors (Lipinski definition) is 5. The largest absolute Gasteiger partial charge is 0.379 e. The van der Waals surface area contributed by atoms with Gasteiger partial charge in [0.05, 0.1) is 30.4 Å². The number of rotatable bonds is 2. The van der Waals surface area contributed by atoms with E-state index in [-0.39, 0.29) is 18.0 Å². The van der Waals surface area contributed by atoms with Crippen LogP contribution in [0.4, 0.5) is 0 Å². The highest BCUT2D eigenvalue weighted by atomic mass is 16.5. The molecule has 110 valence electrons. The molecule has 3 unspecified atom stereocenters. The maximum atomic E-state index is 12.9. The molecule has 1 amide bonds. The molecule has 20 heavy (non-hydrogen) atoms. The first-order valence-electron chi connectivity index (χ1n) is 7.10. The molecule has 0 radical (unpaired) electrons. The first-order chi connectivity index (χ1) is 9.52. The predicted octanol–water partition coefficient (Wildman–Crippen LogP) is 1.01. The number of carbonyl (C=O) groups excluding carboxylic acids is 1. The van der Waals surface area contributed by atoms with Crippen LogP contribution in [0.25, 0.3) is 0 Å². The van der Waals surface area contributed by atoms with Crippen LogP contribution < -0.4 is 5.73 Å². The molecule has 2 aliphatic rings. The fourth-order valence-corrected chi connectivity index (χ4v) is 3.08. The minimum Gasteiger partial charge on any atom is -0.379 e. The fraction of sp³-hybridized carbons (Fsp3) is 0.714. The number of ether oxygens (including phenoxy) is 1. The number of hydrogen-bond donors (Lipinski definition) is 1. The summed E-state index contributed by atoms with van der Waals surface area (Å²) in [5.74, 6) is 0.837. The minimum absolute atomic E-state index is 0.0201. The molecule has 3 heterocycles. The summed E-state index contributed by atoms with van der Waals surface area (Å²) < 4.78 is 10.7. The first kappa shape index (κ1) is 13.6. The van der Waals surface area contributed by atoms with Crippen molar-refractivity contribution in [3.05, 3.63) is 17.5 Å². The van der Waals surface area contributed by atoms with Gasteiger partial charge in [0.1, 0.15) is 0 Å². The number of carbonyl (C=O) groups is 1. The lowest BCUT2D eigenvalue weighted by atomic mass is 9.84. The maximum Gasteiger partial charge on any atom is 0.233 e. The van der Waals surface area contributed by atoms with Gasteiger partial charge in [-0.1, -0.05) is 5.16 Å². The SMILES string of the molecule is Cc1cc(C2CCCN2C(=O)C2(C)COCC2N)on1. The van der Waals surface area contributed by atoms with Crippen LogP contribution in [0.2, 0.25) is 0 Å². The molecule has 6 nitrogen and oxygen atoms in total. The summed E-state index contributed by atoms with van der Waals surface area (Å²) in [7, 11) is 0. The third kappa shape index (κ3) is 2.03. The standard InChI is InChI=1S/C14H21N3O3/c1-9-6-11(20-16-9)10-4-3-5-17(10)13(18)14(2)8-19-7-12(14)15/h6,10,12H,3-5,7-8,15H2,1-2H3. The minimum atomic E-state index is -0.627. The van der Waals surface area contributed by atoms with Gasteiger partial charge in [-0.05, 0) is 26.7 Å². The Hall–Kier alpha value is -1.40.